The van der Waals surface area contributed by atoms with E-state index in [9.17, 15) is 18.0 Å². The van der Waals surface area contributed by atoms with Crippen LogP contribution in [-0.4, -0.2) is 40.7 Å². The largest absolute Gasteiger partial charge is 0.457 e. The first-order valence-corrected chi connectivity index (χ1v) is 13.7. The summed E-state index contributed by atoms with van der Waals surface area (Å²) in [4.78, 5) is 19.3. The summed E-state index contributed by atoms with van der Waals surface area (Å²) in [6.07, 6.45) is 0.552. The smallest absolute Gasteiger partial charge is 0.422 e. The minimum absolute atomic E-state index is 0.0336. The van der Waals surface area contributed by atoms with Gasteiger partial charge in [-0.1, -0.05) is 18.2 Å². The molecule has 1 aliphatic rings. The molecule has 0 bridgehead atoms. The van der Waals surface area contributed by atoms with E-state index in [0.717, 1.165) is 6.42 Å². The van der Waals surface area contributed by atoms with Gasteiger partial charge in [0, 0.05) is 24.0 Å². The molecule has 1 aliphatic heterocycles. The molecule has 1 fully saturated rings. The summed E-state index contributed by atoms with van der Waals surface area (Å²) in [6, 6.07) is 12.7. The van der Waals surface area contributed by atoms with Crippen LogP contribution >= 0.6 is 11.3 Å². The summed E-state index contributed by atoms with van der Waals surface area (Å²) < 4.78 is 50.1. The van der Waals surface area contributed by atoms with Gasteiger partial charge in [-0.2, -0.15) is 23.4 Å². The van der Waals surface area contributed by atoms with Gasteiger partial charge in [-0.25, -0.2) is 4.98 Å². The van der Waals surface area contributed by atoms with Gasteiger partial charge in [0.25, 0.3) is 5.91 Å². The third-order valence-electron chi connectivity index (χ3n) is 6.62. The third-order valence-corrected chi connectivity index (χ3v) is 7.51. The first-order chi connectivity index (χ1) is 19.3. The number of anilines is 2. The molecular weight excluding hydrogens is 541 g/mol. The number of hydrogen-bond donors (Lipinski definition) is 2. The van der Waals surface area contributed by atoms with E-state index in [0.29, 0.717) is 43.0 Å². The molecule has 0 saturated carbocycles. The molecular formula is C28H27F3N6O2S. The summed E-state index contributed by atoms with van der Waals surface area (Å²) in [5.74, 6) is -0.548. The highest BCUT2D eigenvalue weighted by atomic mass is 32.1. The van der Waals surface area contributed by atoms with Crippen molar-refractivity contribution in [1.82, 2.24) is 15.2 Å². The van der Waals surface area contributed by atoms with Gasteiger partial charge < -0.3 is 20.7 Å². The van der Waals surface area contributed by atoms with Crippen molar-refractivity contribution in [2.75, 3.05) is 29.9 Å². The summed E-state index contributed by atoms with van der Waals surface area (Å²) in [5.41, 5.74) is 5.51. The molecule has 3 N–H and O–H groups in total. The number of ether oxygens (including phenoxy) is 1. The van der Waals surface area contributed by atoms with Crippen molar-refractivity contribution in [3.8, 4) is 22.1 Å². The zero-order chi connectivity index (χ0) is 28.1. The van der Waals surface area contributed by atoms with Crippen LogP contribution < -0.4 is 20.7 Å². The molecule has 2 aromatic heterocycles. The predicted molar refractivity (Wildman–Crippen MR) is 148 cm³/mol. The van der Waals surface area contributed by atoms with Gasteiger partial charge in [0.1, 0.15) is 27.8 Å². The standard InChI is InChI=1S/C28H27F3N6O2S/c29-28(30,31)24-23(39-20-6-2-1-3-7-20)9-8-21(25(24)37-14-4-5-18(16-37)10-12-32)35-26(38)22-17-40-27(36-22)19-11-13-33-34-15-19/h1-3,6-9,11,13,15,17-18H,4-5,10,12,14,16,32H2,(H,35,38)/t18-/m0/s1. The van der Waals surface area contributed by atoms with Gasteiger partial charge in [0.05, 0.1) is 23.8 Å². The van der Waals surface area contributed by atoms with Crippen molar-refractivity contribution < 1.29 is 22.7 Å². The Kier molecular flexibility index (Phi) is 8.27. The molecule has 1 saturated heterocycles. The van der Waals surface area contributed by atoms with Crippen LogP contribution in [0.4, 0.5) is 24.5 Å². The van der Waals surface area contributed by atoms with Gasteiger partial charge >= 0.3 is 6.18 Å². The minimum Gasteiger partial charge on any atom is -0.457 e. The van der Waals surface area contributed by atoms with Crippen molar-refractivity contribution in [2.45, 2.75) is 25.4 Å². The maximum atomic E-state index is 14.8. The van der Waals surface area contributed by atoms with Crippen molar-refractivity contribution in [3.63, 3.8) is 0 Å². The fraction of sp³-hybridized carbons (Fsp3) is 0.286. The van der Waals surface area contributed by atoms with E-state index in [1.54, 1.807) is 46.7 Å². The summed E-state index contributed by atoms with van der Waals surface area (Å²) in [5, 5.41) is 12.4. The number of hydrogen-bond acceptors (Lipinski definition) is 8. The zero-order valence-electron chi connectivity index (χ0n) is 21.4. The third kappa shape index (κ3) is 6.23. The minimum atomic E-state index is -4.76. The van der Waals surface area contributed by atoms with E-state index in [1.807, 2.05) is 0 Å². The van der Waals surface area contributed by atoms with Gasteiger partial charge in [-0.3, -0.25) is 4.79 Å². The lowest BCUT2D eigenvalue weighted by atomic mass is 9.93. The fourth-order valence-electron chi connectivity index (χ4n) is 4.83. The van der Waals surface area contributed by atoms with E-state index in [2.05, 4.69) is 20.5 Å². The Morgan fingerprint density at radius 3 is 2.70 bits per heavy atom. The maximum absolute atomic E-state index is 14.8. The van der Waals surface area contributed by atoms with Crippen LogP contribution in [0.25, 0.3) is 10.6 Å². The lowest BCUT2D eigenvalue weighted by Crippen LogP contribution is -2.38. The number of piperidine rings is 1. The number of nitrogens with two attached hydrogens (primary N) is 1. The zero-order valence-corrected chi connectivity index (χ0v) is 22.2. The number of nitrogens with zero attached hydrogens (tertiary/aromatic N) is 4. The van der Waals surface area contributed by atoms with E-state index >= 15 is 0 Å². The lowest BCUT2D eigenvalue weighted by Gasteiger charge is -2.37. The average molecular weight is 569 g/mol. The van der Waals surface area contributed by atoms with Gasteiger partial charge in [-0.05, 0) is 62.1 Å². The molecule has 2 aromatic carbocycles. The number of para-hydroxylation sites is 1. The number of carbonyl (C=O) groups is 1. The lowest BCUT2D eigenvalue weighted by molar-refractivity contribution is -0.138. The van der Waals surface area contributed by atoms with Crippen LogP contribution in [-0.2, 0) is 6.18 Å². The predicted octanol–water partition coefficient (Wildman–Crippen LogP) is 6.23. The topological polar surface area (TPSA) is 106 Å². The molecule has 4 aromatic rings. The van der Waals surface area contributed by atoms with Crippen LogP contribution in [0, 0.1) is 5.92 Å². The number of nitrogens with one attached hydrogen (secondary N) is 1. The Hall–Kier alpha value is -4.03. The second-order valence-electron chi connectivity index (χ2n) is 9.40. The number of thiazole rings is 1. The van der Waals surface area contributed by atoms with Gasteiger partial charge in [0.15, 0.2) is 0 Å². The molecule has 0 aliphatic carbocycles. The highest BCUT2D eigenvalue weighted by Gasteiger charge is 2.41. The maximum Gasteiger partial charge on any atom is 0.422 e. The quantitative estimate of drug-likeness (QED) is 0.260. The number of benzene rings is 2. The average Bonchev–Trinajstić information content (AvgIpc) is 3.45. The Morgan fingerprint density at radius 1 is 1.15 bits per heavy atom. The Bertz CT molecular complexity index is 1450. The van der Waals surface area contributed by atoms with Crippen molar-refractivity contribution in [3.05, 3.63) is 77.6 Å². The van der Waals surface area contributed by atoms with Crippen LogP contribution in [0.3, 0.4) is 0 Å². The fourth-order valence-corrected chi connectivity index (χ4v) is 5.62. The van der Waals surface area contributed by atoms with Crippen molar-refractivity contribution in [2.24, 2.45) is 11.7 Å². The van der Waals surface area contributed by atoms with Crippen LogP contribution in [0.5, 0.6) is 11.5 Å². The number of halogens is 3. The first-order valence-electron chi connectivity index (χ1n) is 12.8. The SMILES string of the molecule is NCC[C@@H]1CCCN(c2c(NC(=O)c3csc(-c4ccnnc4)n3)ccc(Oc3ccccc3)c2C(F)(F)F)C1. The van der Waals surface area contributed by atoms with Crippen LogP contribution in [0.15, 0.2) is 66.3 Å². The molecule has 208 valence electrons. The monoisotopic (exact) mass is 568 g/mol. The molecule has 40 heavy (non-hydrogen) atoms. The van der Waals surface area contributed by atoms with Crippen LogP contribution in [0.2, 0.25) is 0 Å². The number of carbonyl (C=O) groups excluding carboxylic acids is 1. The highest BCUT2D eigenvalue weighted by Crippen LogP contribution is 2.48. The Labute approximate surface area is 233 Å². The second kappa shape index (κ2) is 12.0. The van der Waals surface area contributed by atoms with E-state index in [4.69, 9.17) is 10.5 Å². The number of rotatable bonds is 8. The van der Waals surface area contributed by atoms with E-state index in [1.165, 1.54) is 35.9 Å². The van der Waals surface area contributed by atoms with Gasteiger partial charge in [0.2, 0.25) is 0 Å². The molecule has 0 spiro atoms. The molecule has 1 atom stereocenters. The number of amides is 1. The molecule has 3 heterocycles. The molecule has 12 heteroatoms. The second-order valence-corrected chi connectivity index (χ2v) is 10.3. The Morgan fingerprint density at radius 2 is 1.98 bits per heavy atom. The van der Waals surface area contributed by atoms with Crippen molar-refractivity contribution >= 4 is 28.6 Å². The van der Waals surface area contributed by atoms with Gasteiger partial charge in [-0.15, -0.1) is 11.3 Å². The summed E-state index contributed by atoms with van der Waals surface area (Å²) in [7, 11) is 0. The normalized spacial score (nSPS) is 15.6. The molecule has 0 radical (unpaired) electrons. The molecule has 1 amide bonds. The Balaban J connectivity index is 1.54. The summed E-state index contributed by atoms with van der Waals surface area (Å²) in [6.45, 7) is 1.23. The van der Waals surface area contributed by atoms with E-state index in [-0.39, 0.29) is 34.5 Å². The number of aromatic nitrogens is 3. The highest BCUT2D eigenvalue weighted by molar-refractivity contribution is 7.13. The molecule has 8 nitrogen and oxygen atoms in total. The van der Waals surface area contributed by atoms with Crippen LogP contribution in [0.1, 0.15) is 35.3 Å². The molecule has 5 rings (SSSR count). The van der Waals surface area contributed by atoms with E-state index < -0.39 is 17.6 Å². The van der Waals surface area contributed by atoms with Crippen molar-refractivity contribution in [1.29, 1.82) is 0 Å². The molecule has 0 unspecified atom stereocenters. The summed E-state index contributed by atoms with van der Waals surface area (Å²) >= 11 is 1.23. The number of alkyl halides is 3. The first kappa shape index (κ1) is 27.5.